The summed E-state index contributed by atoms with van der Waals surface area (Å²) >= 11 is 9.70. The molecule has 1 saturated heterocycles. The Kier molecular flexibility index (Phi) is 5.89. The van der Waals surface area contributed by atoms with Gasteiger partial charge in [0, 0.05) is 41.7 Å². The van der Waals surface area contributed by atoms with E-state index in [0.29, 0.717) is 6.04 Å². The lowest BCUT2D eigenvalue weighted by Gasteiger charge is -2.35. The Morgan fingerprint density at radius 3 is 2.79 bits per heavy atom. The Labute approximate surface area is 129 Å². The molecule has 0 radical (unpaired) electrons. The molecular formula is C15H20BrClN2. The van der Waals surface area contributed by atoms with Crippen LogP contribution in [0.15, 0.2) is 35.3 Å². The number of benzene rings is 1. The van der Waals surface area contributed by atoms with Crippen LogP contribution in [0.1, 0.15) is 24.4 Å². The van der Waals surface area contributed by atoms with Crippen molar-refractivity contribution in [2.45, 2.75) is 18.9 Å². The maximum Gasteiger partial charge on any atom is 0.0417 e. The highest BCUT2D eigenvalue weighted by Gasteiger charge is 2.23. The third-order valence-electron chi connectivity index (χ3n) is 3.56. The van der Waals surface area contributed by atoms with Gasteiger partial charge in [-0.2, -0.15) is 0 Å². The zero-order valence-corrected chi connectivity index (χ0v) is 13.4. The van der Waals surface area contributed by atoms with E-state index in [9.17, 15) is 0 Å². The quantitative estimate of drug-likeness (QED) is 0.813. The van der Waals surface area contributed by atoms with Gasteiger partial charge in [-0.1, -0.05) is 39.7 Å². The van der Waals surface area contributed by atoms with Crippen molar-refractivity contribution in [2.24, 2.45) is 0 Å². The van der Waals surface area contributed by atoms with Crippen LogP contribution in [-0.4, -0.2) is 31.1 Å². The van der Waals surface area contributed by atoms with Gasteiger partial charge < -0.3 is 5.32 Å². The largest absolute Gasteiger partial charge is 0.314 e. The first-order chi connectivity index (χ1) is 9.22. The molecule has 0 spiro atoms. The van der Waals surface area contributed by atoms with E-state index in [4.69, 9.17) is 11.6 Å². The molecule has 1 N–H and O–H groups in total. The lowest BCUT2D eigenvalue weighted by atomic mass is 9.99. The summed E-state index contributed by atoms with van der Waals surface area (Å²) < 4.78 is 1.10. The van der Waals surface area contributed by atoms with Crippen LogP contribution in [0, 0.1) is 0 Å². The highest BCUT2D eigenvalue weighted by atomic mass is 79.9. The summed E-state index contributed by atoms with van der Waals surface area (Å²) in [5.74, 6) is 0. The molecule has 0 unspecified atom stereocenters. The fraction of sp³-hybridized carbons (Fsp3) is 0.467. The van der Waals surface area contributed by atoms with Crippen LogP contribution in [0.2, 0.25) is 5.02 Å². The molecule has 2 nitrogen and oxygen atoms in total. The minimum atomic E-state index is 0.437. The number of piperazine rings is 1. The monoisotopic (exact) mass is 342 g/mol. The van der Waals surface area contributed by atoms with Gasteiger partial charge in [0.25, 0.3) is 0 Å². The third kappa shape index (κ3) is 4.06. The van der Waals surface area contributed by atoms with Crippen LogP contribution in [0.3, 0.4) is 0 Å². The predicted octanol–water partition coefficient (Wildman–Crippen LogP) is 4.02. The van der Waals surface area contributed by atoms with E-state index in [1.165, 1.54) is 5.56 Å². The molecular weight excluding hydrogens is 324 g/mol. The molecule has 19 heavy (non-hydrogen) atoms. The van der Waals surface area contributed by atoms with E-state index in [1.807, 2.05) is 18.2 Å². The molecule has 1 aromatic rings. The minimum absolute atomic E-state index is 0.437. The second-order valence-electron chi connectivity index (χ2n) is 4.83. The molecule has 0 aromatic heterocycles. The van der Waals surface area contributed by atoms with E-state index < -0.39 is 0 Å². The standard InChI is InChI=1S/C15H20BrClN2/c1-2-3-4-15(19-9-7-18-8-10-19)13-6-5-12(17)11-14(13)16/h2,5-6,11,15,18H,1,3-4,7-10H2/t15-/m1/s1. The Morgan fingerprint density at radius 1 is 1.42 bits per heavy atom. The van der Waals surface area contributed by atoms with Gasteiger partial charge in [0.05, 0.1) is 0 Å². The second kappa shape index (κ2) is 7.44. The number of nitrogens with zero attached hydrogens (tertiary/aromatic N) is 1. The number of nitrogens with one attached hydrogen (secondary N) is 1. The lowest BCUT2D eigenvalue weighted by molar-refractivity contribution is 0.165. The van der Waals surface area contributed by atoms with E-state index in [-0.39, 0.29) is 0 Å². The molecule has 4 heteroatoms. The van der Waals surface area contributed by atoms with Crippen LogP contribution in [0.25, 0.3) is 0 Å². The third-order valence-corrected chi connectivity index (χ3v) is 4.48. The summed E-state index contributed by atoms with van der Waals surface area (Å²) in [4.78, 5) is 2.55. The molecule has 2 rings (SSSR count). The SMILES string of the molecule is C=CCC[C@H](c1ccc(Cl)cc1Br)N1CCNCC1. The molecule has 104 valence electrons. The number of hydrogen-bond acceptors (Lipinski definition) is 2. The summed E-state index contributed by atoms with van der Waals surface area (Å²) in [6, 6.07) is 6.54. The van der Waals surface area contributed by atoms with Crippen LogP contribution >= 0.6 is 27.5 Å². The summed E-state index contributed by atoms with van der Waals surface area (Å²) in [5, 5.41) is 4.18. The van der Waals surface area contributed by atoms with Gasteiger partial charge in [0.2, 0.25) is 0 Å². The molecule has 0 aliphatic carbocycles. The van der Waals surface area contributed by atoms with Crippen LogP contribution in [0.5, 0.6) is 0 Å². The normalized spacial score (nSPS) is 18.2. The molecule has 1 fully saturated rings. The maximum absolute atomic E-state index is 6.04. The minimum Gasteiger partial charge on any atom is -0.314 e. The van der Waals surface area contributed by atoms with Crippen molar-refractivity contribution in [3.8, 4) is 0 Å². The van der Waals surface area contributed by atoms with E-state index >= 15 is 0 Å². The van der Waals surface area contributed by atoms with Crippen molar-refractivity contribution >= 4 is 27.5 Å². The topological polar surface area (TPSA) is 15.3 Å². The molecule has 1 heterocycles. The Hall–Kier alpha value is -0.350. The van der Waals surface area contributed by atoms with Gasteiger partial charge >= 0.3 is 0 Å². The summed E-state index contributed by atoms with van der Waals surface area (Å²) in [6.07, 6.45) is 4.13. The van der Waals surface area contributed by atoms with Crippen molar-refractivity contribution in [2.75, 3.05) is 26.2 Å². The number of hydrogen-bond donors (Lipinski definition) is 1. The number of halogens is 2. The van der Waals surface area contributed by atoms with E-state index in [2.05, 4.69) is 38.8 Å². The van der Waals surface area contributed by atoms with Gasteiger partial charge in [0.15, 0.2) is 0 Å². The summed E-state index contributed by atoms with van der Waals surface area (Å²) in [5.41, 5.74) is 1.33. The van der Waals surface area contributed by atoms with Crippen molar-refractivity contribution in [3.63, 3.8) is 0 Å². The van der Waals surface area contributed by atoms with Crippen LogP contribution in [-0.2, 0) is 0 Å². The van der Waals surface area contributed by atoms with Crippen molar-refractivity contribution in [3.05, 3.63) is 45.9 Å². The first kappa shape index (κ1) is 15.0. The fourth-order valence-electron chi connectivity index (χ4n) is 2.58. The highest BCUT2D eigenvalue weighted by molar-refractivity contribution is 9.10. The maximum atomic E-state index is 6.04. The predicted molar refractivity (Wildman–Crippen MR) is 85.8 cm³/mol. The fourth-order valence-corrected chi connectivity index (χ4v) is 3.52. The first-order valence-corrected chi connectivity index (χ1v) is 7.90. The van der Waals surface area contributed by atoms with Gasteiger partial charge in [0.1, 0.15) is 0 Å². The molecule has 1 aromatic carbocycles. The number of allylic oxidation sites excluding steroid dienone is 1. The summed E-state index contributed by atoms with van der Waals surface area (Å²) in [7, 11) is 0. The lowest BCUT2D eigenvalue weighted by Crippen LogP contribution is -2.45. The Balaban J connectivity index is 2.22. The molecule has 1 aliphatic rings. The van der Waals surface area contributed by atoms with Crippen molar-refractivity contribution in [1.29, 1.82) is 0 Å². The van der Waals surface area contributed by atoms with Crippen molar-refractivity contribution in [1.82, 2.24) is 10.2 Å². The van der Waals surface area contributed by atoms with Gasteiger partial charge in [-0.15, -0.1) is 6.58 Å². The second-order valence-corrected chi connectivity index (χ2v) is 6.12. The zero-order valence-electron chi connectivity index (χ0n) is 11.0. The van der Waals surface area contributed by atoms with Crippen molar-refractivity contribution < 1.29 is 0 Å². The highest BCUT2D eigenvalue weighted by Crippen LogP contribution is 2.33. The Morgan fingerprint density at radius 2 is 2.16 bits per heavy atom. The van der Waals surface area contributed by atoms with Crippen LogP contribution in [0.4, 0.5) is 0 Å². The van der Waals surface area contributed by atoms with Gasteiger partial charge in [-0.25, -0.2) is 0 Å². The number of rotatable bonds is 5. The smallest absolute Gasteiger partial charge is 0.0417 e. The molecule has 0 amide bonds. The average Bonchev–Trinajstić information content (AvgIpc) is 2.42. The molecule has 1 aliphatic heterocycles. The van der Waals surface area contributed by atoms with Gasteiger partial charge in [-0.3, -0.25) is 4.90 Å². The summed E-state index contributed by atoms with van der Waals surface area (Å²) in [6.45, 7) is 8.16. The first-order valence-electron chi connectivity index (χ1n) is 6.73. The van der Waals surface area contributed by atoms with Crippen LogP contribution < -0.4 is 5.32 Å². The average molecular weight is 344 g/mol. The van der Waals surface area contributed by atoms with Gasteiger partial charge in [-0.05, 0) is 30.5 Å². The zero-order chi connectivity index (χ0) is 13.7. The van der Waals surface area contributed by atoms with E-state index in [1.54, 1.807) is 0 Å². The molecule has 0 bridgehead atoms. The van der Waals surface area contributed by atoms with E-state index in [0.717, 1.165) is 48.5 Å². The molecule has 1 atom stereocenters. The molecule has 0 saturated carbocycles. The Bertz CT molecular complexity index is 430.